The number of carboxylic acids is 1. The lowest BCUT2D eigenvalue weighted by Crippen LogP contribution is -2.48. The third-order valence-corrected chi connectivity index (χ3v) is 5.52. The molecule has 0 bridgehead atoms. The number of aliphatic carboxylic acids is 1. The monoisotopic (exact) mass is 587 g/mol. The van der Waals surface area contributed by atoms with Crippen molar-refractivity contribution in [2.45, 2.75) is 26.1 Å². The summed E-state index contributed by atoms with van der Waals surface area (Å²) in [5, 5.41) is 12.4. The Hall–Kier alpha value is -3.73. The largest absolute Gasteiger partial charge is 0.478 e. The molecule has 0 heterocycles. The topological polar surface area (TPSA) is 119 Å². The number of anilines is 1. The first-order chi connectivity index (χ1) is 16.6. The van der Waals surface area contributed by atoms with Gasteiger partial charge in [0.15, 0.2) is 0 Å². The lowest BCUT2D eigenvalue weighted by Gasteiger charge is -2.23. The summed E-state index contributed by atoms with van der Waals surface area (Å²) in [7, 11) is 0. The highest BCUT2D eigenvalue weighted by molar-refractivity contribution is 14.1. The predicted octanol–water partition coefficient (Wildman–Crippen LogP) is 4.38. The van der Waals surface area contributed by atoms with E-state index in [1.807, 2.05) is 22.6 Å². The Morgan fingerprint density at radius 3 is 1.77 bits per heavy atom. The van der Waals surface area contributed by atoms with Gasteiger partial charge in [-0.25, -0.2) is 14.4 Å². The molecule has 3 rings (SSSR count). The maximum Gasteiger partial charge on any atom is 0.349 e. The predicted molar refractivity (Wildman–Crippen MR) is 136 cm³/mol. The minimum Gasteiger partial charge on any atom is -0.478 e. The second-order valence-electron chi connectivity index (χ2n) is 7.73. The average molecular weight is 587 g/mol. The highest BCUT2D eigenvalue weighted by atomic mass is 127. The first-order valence-corrected chi connectivity index (χ1v) is 11.6. The number of benzene rings is 3. The fraction of sp³-hybridized carbons (Fsp3) is 0.154. The molecule has 8 nitrogen and oxygen atoms in total. The quantitative estimate of drug-likeness (QED) is 0.297. The molecule has 180 valence electrons. The van der Waals surface area contributed by atoms with Crippen LogP contribution in [-0.4, -0.2) is 41.1 Å². The molecule has 0 radical (unpaired) electrons. The van der Waals surface area contributed by atoms with Crippen molar-refractivity contribution < 1.29 is 33.8 Å². The number of carbonyl (C=O) groups excluding carboxylic acids is 3. The highest BCUT2D eigenvalue weighted by Crippen LogP contribution is 2.18. The van der Waals surface area contributed by atoms with E-state index >= 15 is 0 Å². The third kappa shape index (κ3) is 7.12. The van der Waals surface area contributed by atoms with Crippen LogP contribution in [0.1, 0.15) is 31.8 Å². The van der Waals surface area contributed by atoms with E-state index in [2.05, 4.69) is 5.32 Å². The Labute approximate surface area is 215 Å². The normalized spacial score (nSPS) is 12.2. The number of esters is 2. The number of amides is 1. The molecule has 0 saturated heterocycles. The van der Waals surface area contributed by atoms with Crippen LogP contribution in [-0.2, 0) is 19.1 Å². The molecular formula is C26H22INO7. The van der Waals surface area contributed by atoms with E-state index in [1.165, 1.54) is 24.3 Å². The number of carboxylic acid groups (broad SMARTS) is 1. The Morgan fingerprint density at radius 1 is 0.771 bits per heavy atom. The molecule has 3 aromatic carbocycles. The van der Waals surface area contributed by atoms with Crippen molar-refractivity contribution in [3.05, 3.63) is 98.6 Å². The van der Waals surface area contributed by atoms with Crippen molar-refractivity contribution in [3.63, 3.8) is 0 Å². The Balaban J connectivity index is 1.92. The summed E-state index contributed by atoms with van der Waals surface area (Å²) in [6, 6.07) is 19.5. The van der Waals surface area contributed by atoms with Gasteiger partial charge in [-0.3, -0.25) is 4.79 Å². The molecule has 0 aliphatic heterocycles. The van der Waals surface area contributed by atoms with Gasteiger partial charge in [-0.05, 0) is 78.9 Å². The fourth-order valence-electron chi connectivity index (χ4n) is 3.18. The van der Waals surface area contributed by atoms with Crippen LogP contribution in [0.5, 0.6) is 0 Å². The van der Waals surface area contributed by atoms with Gasteiger partial charge in [0.05, 0.1) is 11.1 Å². The number of nitrogens with one attached hydrogen (secondary N) is 1. The molecule has 0 fully saturated rings. The van der Waals surface area contributed by atoms with Crippen molar-refractivity contribution in [2.24, 2.45) is 0 Å². The summed E-state index contributed by atoms with van der Waals surface area (Å²) in [6.45, 7) is 3.52. The van der Waals surface area contributed by atoms with Crippen LogP contribution in [0.3, 0.4) is 0 Å². The van der Waals surface area contributed by atoms with Gasteiger partial charge < -0.3 is 19.9 Å². The first-order valence-electron chi connectivity index (χ1n) is 10.5. The van der Waals surface area contributed by atoms with Gasteiger partial charge in [0.2, 0.25) is 12.2 Å². The van der Waals surface area contributed by atoms with Gasteiger partial charge in [0, 0.05) is 9.26 Å². The highest BCUT2D eigenvalue weighted by Gasteiger charge is 2.41. The van der Waals surface area contributed by atoms with Crippen molar-refractivity contribution in [1.82, 2.24) is 0 Å². The molecule has 0 unspecified atom stereocenters. The molecule has 3 aromatic rings. The number of hydrogen-bond donors (Lipinski definition) is 2. The molecule has 0 aliphatic carbocycles. The zero-order valence-corrected chi connectivity index (χ0v) is 21.0. The Kier molecular flexibility index (Phi) is 8.58. The van der Waals surface area contributed by atoms with E-state index in [9.17, 15) is 24.3 Å². The summed E-state index contributed by atoms with van der Waals surface area (Å²) in [5.41, 5.74) is 2.09. The van der Waals surface area contributed by atoms with Crippen LogP contribution < -0.4 is 5.32 Å². The number of rotatable bonds is 8. The number of carbonyl (C=O) groups is 4. The number of halogens is 1. The number of aryl methyl sites for hydroxylation is 2. The maximum atomic E-state index is 13.1. The number of hydrogen-bond acceptors (Lipinski definition) is 6. The van der Waals surface area contributed by atoms with Gasteiger partial charge in [-0.1, -0.05) is 41.5 Å². The summed E-state index contributed by atoms with van der Waals surface area (Å²) < 4.78 is 11.3. The molecule has 1 amide bonds. The zero-order chi connectivity index (χ0) is 25.5. The molecule has 0 aromatic heterocycles. The van der Waals surface area contributed by atoms with Crippen LogP contribution in [0.4, 0.5) is 5.69 Å². The summed E-state index contributed by atoms with van der Waals surface area (Å²) in [4.78, 5) is 50.7. The van der Waals surface area contributed by atoms with Crippen LogP contribution in [0, 0.1) is 17.4 Å². The molecule has 0 aliphatic rings. The second-order valence-corrected chi connectivity index (χ2v) is 8.97. The SMILES string of the molecule is Cc1cccc(C(=O)O[C@@H](C(=O)O)[C@@H](OC(=O)c2cccc(C)c2)C(=O)Nc2cccc(I)c2)c1. The molecule has 2 atom stereocenters. The lowest BCUT2D eigenvalue weighted by molar-refractivity contribution is -0.157. The molecule has 0 saturated carbocycles. The molecule has 35 heavy (non-hydrogen) atoms. The van der Waals surface area contributed by atoms with Gasteiger partial charge in [0.25, 0.3) is 5.91 Å². The van der Waals surface area contributed by atoms with Crippen LogP contribution in [0.25, 0.3) is 0 Å². The summed E-state index contributed by atoms with van der Waals surface area (Å²) >= 11 is 2.05. The van der Waals surface area contributed by atoms with Crippen molar-refractivity contribution in [1.29, 1.82) is 0 Å². The van der Waals surface area contributed by atoms with Gasteiger partial charge >= 0.3 is 17.9 Å². The van der Waals surface area contributed by atoms with Crippen molar-refractivity contribution in [2.75, 3.05) is 5.32 Å². The van der Waals surface area contributed by atoms with Crippen LogP contribution in [0.15, 0.2) is 72.8 Å². The van der Waals surface area contributed by atoms with Crippen molar-refractivity contribution >= 4 is 52.1 Å². The summed E-state index contributed by atoms with van der Waals surface area (Å²) in [6.07, 6.45) is -4.06. The van der Waals surface area contributed by atoms with Crippen LogP contribution in [0.2, 0.25) is 0 Å². The van der Waals surface area contributed by atoms with Crippen LogP contribution >= 0.6 is 22.6 Å². The maximum absolute atomic E-state index is 13.1. The van der Waals surface area contributed by atoms with E-state index in [0.717, 1.165) is 14.7 Å². The standard InChI is InChI=1S/C26H22INO7/c1-15-6-3-8-17(12-15)25(32)34-21(23(29)28-20-11-5-10-19(27)14-20)22(24(30)31)35-26(33)18-9-4-7-16(2)13-18/h3-14,21-22H,1-2H3,(H,28,29)(H,30,31)/t21-,22-/m1/s1. The smallest absolute Gasteiger partial charge is 0.349 e. The zero-order valence-electron chi connectivity index (χ0n) is 18.9. The molecule has 0 spiro atoms. The Morgan fingerprint density at radius 2 is 1.29 bits per heavy atom. The first kappa shape index (κ1) is 25.9. The van der Waals surface area contributed by atoms with E-state index in [-0.39, 0.29) is 11.1 Å². The fourth-order valence-corrected chi connectivity index (χ4v) is 3.73. The van der Waals surface area contributed by atoms with E-state index in [1.54, 1.807) is 62.4 Å². The molecule has 2 N–H and O–H groups in total. The van der Waals surface area contributed by atoms with Gasteiger partial charge in [-0.2, -0.15) is 0 Å². The molecule has 9 heteroatoms. The third-order valence-electron chi connectivity index (χ3n) is 4.84. The van der Waals surface area contributed by atoms with E-state index < -0.39 is 36.0 Å². The minimum atomic E-state index is -2.10. The molecular weight excluding hydrogens is 565 g/mol. The minimum absolute atomic E-state index is 0.0954. The van der Waals surface area contributed by atoms with E-state index in [0.29, 0.717) is 5.69 Å². The number of ether oxygens (including phenoxy) is 2. The van der Waals surface area contributed by atoms with Gasteiger partial charge in [-0.15, -0.1) is 0 Å². The Bertz CT molecular complexity index is 1270. The summed E-state index contributed by atoms with van der Waals surface area (Å²) in [5.74, 6) is -4.52. The van der Waals surface area contributed by atoms with Gasteiger partial charge in [0.1, 0.15) is 0 Å². The average Bonchev–Trinajstić information content (AvgIpc) is 2.80. The lowest BCUT2D eigenvalue weighted by atomic mass is 10.1. The van der Waals surface area contributed by atoms with E-state index in [4.69, 9.17) is 9.47 Å². The second kappa shape index (κ2) is 11.6. The van der Waals surface area contributed by atoms with Crippen molar-refractivity contribution in [3.8, 4) is 0 Å².